The van der Waals surface area contributed by atoms with E-state index in [1.165, 1.54) is 37.4 Å². The molecule has 15 nitrogen and oxygen atoms in total. The first kappa shape index (κ1) is 37.7. The first-order chi connectivity index (χ1) is 24.0. The summed E-state index contributed by atoms with van der Waals surface area (Å²) in [4.78, 5) is 21.1. The fraction of sp³-hybridized carbons (Fsp3) is 0.588. The van der Waals surface area contributed by atoms with E-state index >= 15 is 0 Å². The lowest BCUT2D eigenvalue weighted by Crippen LogP contribution is -2.43. The van der Waals surface area contributed by atoms with Gasteiger partial charge in [-0.2, -0.15) is 10.2 Å². The molecule has 2 fully saturated rings. The molecule has 2 aromatic heterocycles. The number of hydrogen-bond donors (Lipinski definition) is 4. The highest BCUT2D eigenvalue weighted by Crippen LogP contribution is 2.47. The summed E-state index contributed by atoms with van der Waals surface area (Å²) in [5.41, 5.74) is 5.12. The van der Waals surface area contributed by atoms with Crippen molar-refractivity contribution in [3.8, 4) is 11.5 Å². The number of aromatic nitrogens is 3. The summed E-state index contributed by atoms with van der Waals surface area (Å²) < 4.78 is 45.4. The molecule has 6 atom stereocenters. The number of nitrogens with one attached hydrogen (secondary N) is 1. The molecule has 1 aromatic carbocycles. The third-order valence-electron chi connectivity index (χ3n) is 9.33. The predicted molar refractivity (Wildman–Crippen MR) is 186 cm³/mol. The Morgan fingerprint density at radius 1 is 1.16 bits per heavy atom. The second kappa shape index (κ2) is 16.6. The number of anilines is 1. The van der Waals surface area contributed by atoms with Gasteiger partial charge in [0, 0.05) is 13.3 Å². The molecule has 1 saturated heterocycles. The molecule has 3 aromatic rings. The van der Waals surface area contributed by atoms with Crippen molar-refractivity contribution in [2.75, 3.05) is 26.0 Å². The number of rotatable bonds is 16. The second-order valence-corrected chi connectivity index (χ2v) is 14.5. The van der Waals surface area contributed by atoms with Crippen LogP contribution in [0.3, 0.4) is 0 Å². The minimum absolute atomic E-state index is 0.145. The zero-order valence-electron chi connectivity index (χ0n) is 29.0. The number of nitrogens with two attached hydrogens (primary N) is 1. The van der Waals surface area contributed by atoms with Gasteiger partial charge in [-0.15, -0.1) is 0 Å². The maximum absolute atomic E-state index is 14.4. The van der Waals surface area contributed by atoms with E-state index in [1.807, 2.05) is 13.8 Å². The SMILES string of the molecule is CCC(CC)COC(=O)[C@H](C)NP(=O)(OC[C@H]1O[C@@](/C=N\C)(c2ccc3c(N)ncnn23)[C@H](O)[C@@H]1O)Oc1ccc(OC2CCCCC2)cc1. The molecule has 2 aliphatic rings. The number of carbonyl (C=O) groups is 1. The van der Waals surface area contributed by atoms with Crippen LogP contribution in [0.1, 0.15) is 71.4 Å². The molecule has 274 valence electrons. The summed E-state index contributed by atoms with van der Waals surface area (Å²) in [5.74, 6) is 0.605. The third kappa shape index (κ3) is 8.47. The van der Waals surface area contributed by atoms with Crippen LogP contribution in [-0.2, 0) is 29.0 Å². The fourth-order valence-electron chi connectivity index (χ4n) is 6.30. The predicted octanol–water partition coefficient (Wildman–Crippen LogP) is 4.20. The Morgan fingerprint density at radius 2 is 1.86 bits per heavy atom. The molecule has 0 spiro atoms. The van der Waals surface area contributed by atoms with Gasteiger partial charge in [0.25, 0.3) is 0 Å². The van der Waals surface area contributed by atoms with E-state index in [2.05, 4.69) is 20.2 Å². The number of nitrogen functional groups attached to an aromatic ring is 1. The monoisotopic (exact) mass is 716 g/mol. The van der Waals surface area contributed by atoms with Gasteiger partial charge < -0.3 is 34.7 Å². The molecular weight excluding hydrogens is 667 g/mol. The van der Waals surface area contributed by atoms with Crippen molar-refractivity contribution >= 4 is 31.3 Å². The highest BCUT2D eigenvalue weighted by atomic mass is 31.2. The van der Waals surface area contributed by atoms with E-state index in [1.54, 1.807) is 36.4 Å². The molecule has 5 N–H and O–H groups in total. The van der Waals surface area contributed by atoms with Crippen molar-refractivity contribution in [2.24, 2.45) is 10.9 Å². The van der Waals surface area contributed by atoms with Gasteiger partial charge in [0.1, 0.15) is 47.7 Å². The first-order valence-electron chi connectivity index (χ1n) is 17.2. The van der Waals surface area contributed by atoms with Gasteiger partial charge in [-0.25, -0.2) is 14.1 Å². The topological polar surface area (TPSA) is 201 Å². The summed E-state index contributed by atoms with van der Waals surface area (Å²) in [6.45, 7) is 5.24. The van der Waals surface area contributed by atoms with Crippen LogP contribution < -0.4 is 20.1 Å². The standard InChI is InChI=1S/C34H49N6O9P/c1-5-23(6-2)18-45-33(43)22(3)39-50(44,49-26-14-12-25(13-15-26)47-24-10-8-7-9-11-24)46-19-28-30(41)31(42)34(48-28,20-36-4)29-17-16-27-32(35)37-21-38-40(27)29/h12-17,20-24,28,30-31,41-42H,5-11,18-19H2,1-4H3,(H,39,44)(H2,35,37,38)/b36-20-/t22-,28+,30+,31+,34-,50?/m0/s1. The highest BCUT2D eigenvalue weighted by Gasteiger charge is 2.56. The summed E-state index contributed by atoms with van der Waals surface area (Å²) in [6.07, 6.45) is 5.60. The third-order valence-corrected chi connectivity index (χ3v) is 11.0. The Kier molecular flexibility index (Phi) is 12.5. The molecule has 1 unspecified atom stereocenters. The van der Waals surface area contributed by atoms with Gasteiger partial charge >= 0.3 is 13.7 Å². The van der Waals surface area contributed by atoms with Crippen LogP contribution in [0.5, 0.6) is 11.5 Å². The van der Waals surface area contributed by atoms with Crippen molar-refractivity contribution in [3.63, 3.8) is 0 Å². The van der Waals surface area contributed by atoms with Crippen LogP contribution in [0.15, 0.2) is 47.7 Å². The number of aliphatic hydroxyl groups is 2. The number of hydrogen-bond acceptors (Lipinski definition) is 13. The summed E-state index contributed by atoms with van der Waals surface area (Å²) in [6, 6.07) is 8.84. The van der Waals surface area contributed by atoms with Crippen molar-refractivity contribution in [1.82, 2.24) is 19.7 Å². The summed E-state index contributed by atoms with van der Waals surface area (Å²) in [5, 5.41) is 29.5. The van der Waals surface area contributed by atoms with Crippen LogP contribution in [-0.4, -0.2) is 87.7 Å². The van der Waals surface area contributed by atoms with Crippen molar-refractivity contribution in [3.05, 3.63) is 48.4 Å². The number of aliphatic hydroxyl groups excluding tert-OH is 2. The molecular formula is C34H49N6O9P. The highest BCUT2D eigenvalue weighted by molar-refractivity contribution is 7.52. The van der Waals surface area contributed by atoms with E-state index in [9.17, 15) is 19.6 Å². The fourth-order valence-corrected chi connectivity index (χ4v) is 7.80. The van der Waals surface area contributed by atoms with Gasteiger partial charge in [-0.3, -0.25) is 14.3 Å². The van der Waals surface area contributed by atoms with Gasteiger partial charge in [0.05, 0.1) is 25.0 Å². The summed E-state index contributed by atoms with van der Waals surface area (Å²) >= 11 is 0. The van der Waals surface area contributed by atoms with Gasteiger partial charge in [0.2, 0.25) is 0 Å². The Hall–Kier alpha value is -3.59. The van der Waals surface area contributed by atoms with E-state index in [0.29, 0.717) is 17.0 Å². The number of aliphatic imine (C=N–C) groups is 1. The Labute approximate surface area is 292 Å². The van der Waals surface area contributed by atoms with E-state index < -0.39 is 50.3 Å². The molecule has 3 heterocycles. The molecule has 0 radical (unpaired) electrons. The Morgan fingerprint density at radius 3 is 2.54 bits per heavy atom. The first-order valence-corrected chi connectivity index (χ1v) is 18.8. The number of fused-ring (bicyclic) bond motifs is 1. The maximum Gasteiger partial charge on any atom is 0.459 e. The van der Waals surface area contributed by atoms with E-state index in [-0.39, 0.29) is 30.2 Å². The number of nitrogens with zero attached hydrogens (tertiary/aromatic N) is 4. The average molecular weight is 717 g/mol. The van der Waals surface area contributed by atoms with E-state index in [4.69, 9.17) is 29.0 Å². The van der Waals surface area contributed by atoms with E-state index in [0.717, 1.165) is 38.5 Å². The molecule has 5 rings (SSSR count). The van der Waals surface area contributed by atoms with Crippen molar-refractivity contribution in [2.45, 2.75) is 102 Å². The minimum atomic E-state index is -4.36. The quantitative estimate of drug-likeness (QED) is 0.0935. The summed E-state index contributed by atoms with van der Waals surface area (Å²) in [7, 11) is -2.87. The molecule has 1 saturated carbocycles. The van der Waals surface area contributed by atoms with Crippen LogP contribution >= 0.6 is 7.75 Å². The van der Waals surface area contributed by atoms with Crippen LogP contribution in [0.4, 0.5) is 5.82 Å². The molecule has 16 heteroatoms. The minimum Gasteiger partial charge on any atom is -0.490 e. The lowest BCUT2D eigenvalue weighted by atomic mass is 9.92. The van der Waals surface area contributed by atoms with Gasteiger partial charge in [0.15, 0.2) is 11.4 Å². The van der Waals surface area contributed by atoms with Crippen molar-refractivity contribution in [1.29, 1.82) is 0 Å². The number of ether oxygens (including phenoxy) is 3. The normalized spacial score (nSPS) is 24.8. The number of benzene rings is 1. The largest absolute Gasteiger partial charge is 0.490 e. The lowest BCUT2D eigenvalue weighted by Gasteiger charge is -2.28. The smallest absolute Gasteiger partial charge is 0.459 e. The second-order valence-electron chi connectivity index (χ2n) is 12.8. The number of esters is 1. The van der Waals surface area contributed by atoms with Crippen LogP contribution in [0, 0.1) is 5.92 Å². The average Bonchev–Trinajstić information content (AvgIpc) is 3.66. The molecule has 50 heavy (non-hydrogen) atoms. The van der Waals surface area contributed by atoms with Crippen molar-refractivity contribution < 1.29 is 42.8 Å². The Balaban J connectivity index is 1.35. The maximum atomic E-state index is 14.4. The van der Waals surface area contributed by atoms with Gasteiger partial charge in [-0.1, -0.05) is 33.1 Å². The van der Waals surface area contributed by atoms with Gasteiger partial charge in [-0.05, 0) is 74.9 Å². The molecule has 1 aliphatic heterocycles. The molecule has 1 aliphatic carbocycles. The molecule has 0 bridgehead atoms. The number of carbonyl (C=O) groups excluding carboxylic acids is 1. The van der Waals surface area contributed by atoms with Crippen LogP contribution in [0.25, 0.3) is 5.52 Å². The Bertz CT molecular complexity index is 1650. The lowest BCUT2D eigenvalue weighted by molar-refractivity contribution is -0.146. The zero-order chi connectivity index (χ0) is 35.9. The molecule has 0 amide bonds. The zero-order valence-corrected chi connectivity index (χ0v) is 29.9. The van der Waals surface area contributed by atoms with Crippen LogP contribution in [0.2, 0.25) is 0 Å².